The monoisotopic (exact) mass is 267 g/mol. The molecule has 108 valence electrons. The average Bonchev–Trinajstić information content (AvgIpc) is 2.46. The molecule has 4 nitrogen and oxygen atoms in total. The van der Waals surface area contributed by atoms with Crippen LogP contribution in [0.4, 0.5) is 0 Å². The van der Waals surface area contributed by atoms with Gasteiger partial charge in [-0.3, -0.25) is 0 Å². The molecule has 0 saturated carbocycles. The van der Waals surface area contributed by atoms with Crippen LogP contribution in [0.1, 0.15) is 31.4 Å². The van der Waals surface area contributed by atoms with Crippen LogP contribution in [0.2, 0.25) is 0 Å². The number of methoxy groups -OCH3 is 1. The summed E-state index contributed by atoms with van der Waals surface area (Å²) >= 11 is 0. The fraction of sp³-hybridized carbons (Fsp3) is 0.600. The Kier molecular flexibility index (Phi) is 8.21. The van der Waals surface area contributed by atoms with Gasteiger partial charge in [-0.15, -0.1) is 0 Å². The standard InChI is InChI=1S/C15H25NO3/c1-3-15(16)13-5-7-14(8-6-13)19-10-4-9-18-12-11-17-2/h5-8,15H,3-4,9-12,16H2,1-2H3/t15-/m1/s1. The van der Waals surface area contributed by atoms with Gasteiger partial charge in [0.25, 0.3) is 0 Å². The largest absolute Gasteiger partial charge is 0.494 e. The highest BCUT2D eigenvalue weighted by molar-refractivity contribution is 5.28. The molecule has 0 saturated heterocycles. The Morgan fingerprint density at radius 1 is 1.05 bits per heavy atom. The van der Waals surface area contributed by atoms with Gasteiger partial charge in [-0.2, -0.15) is 0 Å². The number of nitrogens with two attached hydrogens (primary N) is 1. The lowest BCUT2D eigenvalue weighted by molar-refractivity contribution is 0.0644. The van der Waals surface area contributed by atoms with Crippen LogP contribution >= 0.6 is 0 Å². The van der Waals surface area contributed by atoms with Crippen LogP contribution in [0.5, 0.6) is 5.75 Å². The first-order valence-electron chi connectivity index (χ1n) is 6.83. The molecule has 2 N–H and O–H groups in total. The lowest BCUT2D eigenvalue weighted by Gasteiger charge is -2.11. The van der Waals surface area contributed by atoms with Crippen LogP contribution < -0.4 is 10.5 Å². The molecular weight excluding hydrogens is 242 g/mol. The van der Waals surface area contributed by atoms with Crippen molar-refractivity contribution in [3.8, 4) is 5.75 Å². The van der Waals surface area contributed by atoms with E-state index in [2.05, 4.69) is 6.92 Å². The van der Waals surface area contributed by atoms with Gasteiger partial charge in [0, 0.05) is 26.2 Å². The molecule has 0 fully saturated rings. The van der Waals surface area contributed by atoms with E-state index in [-0.39, 0.29) is 6.04 Å². The third-order valence-corrected chi connectivity index (χ3v) is 2.88. The normalized spacial score (nSPS) is 12.4. The second-order valence-electron chi connectivity index (χ2n) is 4.39. The summed E-state index contributed by atoms with van der Waals surface area (Å²) in [6.45, 7) is 4.72. The molecule has 1 aromatic carbocycles. The van der Waals surface area contributed by atoms with E-state index in [4.69, 9.17) is 19.9 Å². The van der Waals surface area contributed by atoms with Gasteiger partial charge in [0.05, 0.1) is 19.8 Å². The van der Waals surface area contributed by atoms with Crippen molar-refractivity contribution < 1.29 is 14.2 Å². The number of rotatable bonds is 10. The first kappa shape index (κ1) is 16.0. The van der Waals surface area contributed by atoms with Crippen LogP contribution in [0.25, 0.3) is 0 Å². The number of hydrogen-bond acceptors (Lipinski definition) is 4. The van der Waals surface area contributed by atoms with Crippen molar-refractivity contribution in [3.63, 3.8) is 0 Å². The quantitative estimate of drug-likeness (QED) is 0.662. The van der Waals surface area contributed by atoms with Crippen molar-refractivity contribution in [1.82, 2.24) is 0 Å². The zero-order valence-corrected chi connectivity index (χ0v) is 11.9. The summed E-state index contributed by atoms with van der Waals surface area (Å²) < 4.78 is 15.9. The van der Waals surface area contributed by atoms with E-state index >= 15 is 0 Å². The van der Waals surface area contributed by atoms with Crippen LogP contribution in [-0.2, 0) is 9.47 Å². The minimum absolute atomic E-state index is 0.114. The Labute approximate surface area is 115 Å². The zero-order chi connectivity index (χ0) is 13.9. The topological polar surface area (TPSA) is 53.7 Å². The van der Waals surface area contributed by atoms with Crippen molar-refractivity contribution in [1.29, 1.82) is 0 Å². The first-order valence-corrected chi connectivity index (χ1v) is 6.83. The number of benzene rings is 1. The summed E-state index contributed by atoms with van der Waals surface area (Å²) in [4.78, 5) is 0. The van der Waals surface area contributed by atoms with E-state index in [0.717, 1.165) is 24.2 Å². The molecule has 19 heavy (non-hydrogen) atoms. The van der Waals surface area contributed by atoms with Crippen molar-refractivity contribution in [3.05, 3.63) is 29.8 Å². The maximum atomic E-state index is 5.96. The SMILES string of the molecule is CC[C@@H](N)c1ccc(OCCCOCCOC)cc1. The van der Waals surface area contributed by atoms with E-state index in [9.17, 15) is 0 Å². The Balaban J connectivity index is 2.16. The summed E-state index contributed by atoms with van der Waals surface area (Å²) in [5, 5.41) is 0. The third kappa shape index (κ3) is 6.57. The van der Waals surface area contributed by atoms with Gasteiger partial charge in [0.1, 0.15) is 5.75 Å². The Morgan fingerprint density at radius 2 is 1.79 bits per heavy atom. The van der Waals surface area contributed by atoms with Gasteiger partial charge in [-0.05, 0) is 24.1 Å². The van der Waals surface area contributed by atoms with E-state index in [0.29, 0.717) is 26.4 Å². The lowest BCUT2D eigenvalue weighted by atomic mass is 10.1. The molecule has 0 aliphatic rings. The van der Waals surface area contributed by atoms with Crippen LogP contribution in [0.3, 0.4) is 0 Å². The van der Waals surface area contributed by atoms with Crippen molar-refractivity contribution >= 4 is 0 Å². The Bertz CT molecular complexity index is 327. The minimum atomic E-state index is 0.114. The minimum Gasteiger partial charge on any atom is -0.494 e. The highest BCUT2D eigenvalue weighted by Gasteiger charge is 2.02. The van der Waals surface area contributed by atoms with E-state index in [1.165, 1.54) is 0 Å². The molecule has 0 aliphatic heterocycles. The van der Waals surface area contributed by atoms with Gasteiger partial charge in [-0.25, -0.2) is 0 Å². The van der Waals surface area contributed by atoms with Gasteiger partial charge in [0.2, 0.25) is 0 Å². The fourth-order valence-corrected chi connectivity index (χ4v) is 1.64. The number of hydrogen-bond donors (Lipinski definition) is 1. The molecule has 4 heteroatoms. The maximum Gasteiger partial charge on any atom is 0.119 e. The average molecular weight is 267 g/mol. The highest BCUT2D eigenvalue weighted by atomic mass is 16.5. The van der Waals surface area contributed by atoms with Crippen LogP contribution in [-0.4, -0.2) is 33.5 Å². The Morgan fingerprint density at radius 3 is 2.42 bits per heavy atom. The van der Waals surface area contributed by atoms with Crippen molar-refractivity contribution in [2.24, 2.45) is 5.73 Å². The molecular formula is C15H25NO3. The molecule has 1 aromatic rings. The molecule has 0 heterocycles. The molecule has 0 spiro atoms. The molecule has 0 bridgehead atoms. The van der Waals surface area contributed by atoms with E-state index < -0.39 is 0 Å². The summed E-state index contributed by atoms with van der Waals surface area (Å²) in [5.41, 5.74) is 7.11. The van der Waals surface area contributed by atoms with Gasteiger partial charge in [0.15, 0.2) is 0 Å². The van der Waals surface area contributed by atoms with Crippen LogP contribution in [0.15, 0.2) is 24.3 Å². The summed E-state index contributed by atoms with van der Waals surface area (Å²) in [6, 6.07) is 8.10. The zero-order valence-electron chi connectivity index (χ0n) is 11.9. The molecule has 1 atom stereocenters. The second kappa shape index (κ2) is 9.78. The molecule has 0 amide bonds. The first-order chi connectivity index (χ1) is 9.27. The Hall–Kier alpha value is -1.10. The predicted molar refractivity (Wildman–Crippen MR) is 76.5 cm³/mol. The fourth-order valence-electron chi connectivity index (χ4n) is 1.64. The predicted octanol–water partition coefficient (Wildman–Crippen LogP) is 2.53. The van der Waals surface area contributed by atoms with Gasteiger partial charge >= 0.3 is 0 Å². The molecule has 0 aliphatic carbocycles. The van der Waals surface area contributed by atoms with Gasteiger partial charge < -0.3 is 19.9 Å². The van der Waals surface area contributed by atoms with Gasteiger partial charge in [-0.1, -0.05) is 19.1 Å². The summed E-state index contributed by atoms with van der Waals surface area (Å²) in [7, 11) is 1.67. The molecule has 0 unspecified atom stereocenters. The van der Waals surface area contributed by atoms with Crippen molar-refractivity contribution in [2.45, 2.75) is 25.8 Å². The summed E-state index contributed by atoms with van der Waals surface area (Å²) in [5.74, 6) is 0.879. The highest BCUT2D eigenvalue weighted by Crippen LogP contribution is 2.18. The lowest BCUT2D eigenvalue weighted by Crippen LogP contribution is -2.08. The molecule has 0 aromatic heterocycles. The third-order valence-electron chi connectivity index (χ3n) is 2.88. The van der Waals surface area contributed by atoms with E-state index in [1.54, 1.807) is 7.11 Å². The second-order valence-corrected chi connectivity index (χ2v) is 4.39. The maximum absolute atomic E-state index is 5.96. The molecule has 0 radical (unpaired) electrons. The van der Waals surface area contributed by atoms with Crippen molar-refractivity contribution in [2.75, 3.05) is 33.5 Å². The van der Waals surface area contributed by atoms with E-state index in [1.807, 2.05) is 24.3 Å². The summed E-state index contributed by atoms with van der Waals surface area (Å²) in [6.07, 6.45) is 1.82. The smallest absolute Gasteiger partial charge is 0.119 e. The number of ether oxygens (including phenoxy) is 3. The molecule has 1 rings (SSSR count). The van der Waals surface area contributed by atoms with Crippen LogP contribution in [0, 0.1) is 0 Å².